The van der Waals surface area contributed by atoms with E-state index in [0.717, 1.165) is 22.8 Å². The summed E-state index contributed by atoms with van der Waals surface area (Å²) in [6.45, 7) is 5.56. The van der Waals surface area contributed by atoms with Gasteiger partial charge in [-0.05, 0) is 45.0 Å². The quantitative estimate of drug-likeness (QED) is 0.431. The normalized spacial score (nSPS) is 11.8. The maximum Gasteiger partial charge on any atom is 0.272 e. The maximum atomic E-state index is 13.0. The first-order chi connectivity index (χ1) is 14.0. The van der Waals surface area contributed by atoms with Gasteiger partial charge in [0.1, 0.15) is 0 Å². The van der Waals surface area contributed by atoms with E-state index in [1.165, 1.54) is 0 Å². The fraction of sp³-hybridized carbons (Fsp3) is 0.190. The third-order valence-corrected chi connectivity index (χ3v) is 4.70. The molecule has 1 N–H and O–H groups in total. The average Bonchev–Trinajstić information content (AvgIpc) is 3.29. The van der Waals surface area contributed by atoms with Crippen LogP contribution in [0.2, 0.25) is 0 Å². The van der Waals surface area contributed by atoms with Crippen LogP contribution in [-0.2, 0) is 7.05 Å². The summed E-state index contributed by atoms with van der Waals surface area (Å²) in [6, 6.07) is 13.3. The molecule has 4 rings (SSSR count). The molecule has 29 heavy (non-hydrogen) atoms. The molecule has 0 aliphatic rings. The van der Waals surface area contributed by atoms with Gasteiger partial charge in [0, 0.05) is 18.9 Å². The zero-order valence-corrected chi connectivity index (χ0v) is 16.7. The largest absolute Gasteiger partial charge is 0.272 e. The van der Waals surface area contributed by atoms with E-state index in [2.05, 4.69) is 25.7 Å². The van der Waals surface area contributed by atoms with Crippen molar-refractivity contribution in [1.82, 2.24) is 30.0 Å². The zero-order valence-electron chi connectivity index (χ0n) is 16.7. The van der Waals surface area contributed by atoms with Crippen LogP contribution in [0.5, 0.6) is 0 Å². The summed E-state index contributed by atoms with van der Waals surface area (Å²) in [6.07, 6.45) is 1.69. The number of aryl methyl sites for hydroxylation is 3. The standard InChI is InChI=1S/C21H21N7O/c1-13-12-17(21(29)25-24-14(2)18-10-11-22-27(18)4)19-15(3)26-28(20(19)23-13)16-8-6-5-7-9-16/h5-12H,1-4H3,(H,25,29)/b24-14-. The number of para-hydroxylation sites is 1. The summed E-state index contributed by atoms with van der Waals surface area (Å²) < 4.78 is 3.46. The van der Waals surface area contributed by atoms with E-state index in [4.69, 9.17) is 0 Å². The monoisotopic (exact) mass is 387 g/mol. The van der Waals surface area contributed by atoms with Crippen LogP contribution in [0.15, 0.2) is 53.8 Å². The van der Waals surface area contributed by atoms with Gasteiger partial charge in [-0.15, -0.1) is 0 Å². The number of hydrogen-bond donors (Lipinski definition) is 1. The van der Waals surface area contributed by atoms with E-state index >= 15 is 0 Å². The number of nitrogens with zero attached hydrogens (tertiary/aromatic N) is 6. The number of benzene rings is 1. The maximum absolute atomic E-state index is 13.0. The van der Waals surface area contributed by atoms with Gasteiger partial charge in [-0.3, -0.25) is 9.48 Å². The van der Waals surface area contributed by atoms with Crippen molar-refractivity contribution in [2.24, 2.45) is 12.1 Å². The minimum absolute atomic E-state index is 0.308. The highest BCUT2D eigenvalue weighted by Gasteiger charge is 2.19. The smallest absolute Gasteiger partial charge is 0.267 e. The number of carbonyl (C=O) groups is 1. The number of fused-ring (bicyclic) bond motifs is 1. The van der Waals surface area contributed by atoms with Crippen LogP contribution in [0.1, 0.15) is 34.4 Å². The van der Waals surface area contributed by atoms with Crippen LogP contribution < -0.4 is 5.43 Å². The molecule has 1 aromatic carbocycles. The lowest BCUT2D eigenvalue weighted by Crippen LogP contribution is -2.21. The number of pyridine rings is 1. The Morgan fingerprint density at radius 3 is 2.59 bits per heavy atom. The number of amides is 1. The molecular weight excluding hydrogens is 366 g/mol. The van der Waals surface area contributed by atoms with E-state index in [1.807, 2.05) is 64.2 Å². The first kappa shape index (κ1) is 18.5. The Morgan fingerprint density at radius 1 is 1.14 bits per heavy atom. The molecule has 0 unspecified atom stereocenters. The molecule has 3 heterocycles. The highest BCUT2D eigenvalue weighted by Crippen LogP contribution is 2.24. The molecule has 1 amide bonds. The van der Waals surface area contributed by atoms with E-state index in [-0.39, 0.29) is 5.91 Å². The number of hydrazone groups is 1. The summed E-state index contributed by atoms with van der Waals surface area (Å²) >= 11 is 0. The van der Waals surface area contributed by atoms with Crippen LogP contribution >= 0.6 is 0 Å². The number of hydrogen-bond acceptors (Lipinski definition) is 5. The Kier molecular flexibility index (Phi) is 4.67. The Labute approximate surface area is 167 Å². The number of aromatic nitrogens is 5. The SMILES string of the molecule is C/C(=N/NC(=O)c1cc(C)nc2c1c(C)nn2-c1ccccc1)c1ccnn1C. The minimum Gasteiger partial charge on any atom is -0.267 e. The molecule has 0 fully saturated rings. The van der Waals surface area contributed by atoms with Crippen LogP contribution in [0, 0.1) is 13.8 Å². The molecule has 0 radical (unpaired) electrons. The van der Waals surface area contributed by atoms with Crippen LogP contribution in [0.4, 0.5) is 0 Å². The zero-order chi connectivity index (χ0) is 20.5. The van der Waals surface area contributed by atoms with Crippen molar-refractivity contribution in [2.45, 2.75) is 20.8 Å². The molecule has 0 aliphatic carbocycles. The summed E-state index contributed by atoms with van der Waals surface area (Å²) in [5, 5.41) is 13.7. The van der Waals surface area contributed by atoms with Gasteiger partial charge in [-0.2, -0.15) is 15.3 Å². The third kappa shape index (κ3) is 3.40. The van der Waals surface area contributed by atoms with Crippen LogP contribution in [0.3, 0.4) is 0 Å². The first-order valence-electron chi connectivity index (χ1n) is 9.21. The second-order valence-corrected chi connectivity index (χ2v) is 6.82. The molecule has 0 saturated carbocycles. The molecule has 4 aromatic rings. The van der Waals surface area contributed by atoms with Gasteiger partial charge in [-0.1, -0.05) is 18.2 Å². The highest BCUT2D eigenvalue weighted by atomic mass is 16.2. The number of nitrogens with one attached hydrogen (secondary N) is 1. The predicted octanol–water partition coefficient (Wildman–Crippen LogP) is 2.92. The van der Waals surface area contributed by atoms with E-state index in [9.17, 15) is 4.79 Å². The molecule has 146 valence electrons. The Balaban J connectivity index is 1.75. The van der Waals surface area contributed by atoms with Crippen molar-refractivity contribution in [1.29, 1.82) is 0 Å². The van der Waals surface area contributed by atoms with Gasteiger partial charge in [0.15, 0.2) is 5.65 Å². The lowest BCUT2D eigenvalue weighted by Gasteiger charge is -2.07. The molecular formula is C21H21N7O. The lowest BCUT2D eigenvalue weighted by atomic mass is 10.1. The fourth-order valence-corrected chi connectivity index (χ4v) is 3.32. The van der Waals surface area contributed by atoms with Crippen molar-refractivity contribution in [2.75, 3.05) is 0 Å². The predicted molar refractivity (Wildman–Crippen MR) is 111 cm³/mol. The van der Waals surface area contributed by atoms with Crippen molar-refractivity contribution in [3.8, 4) is 5.69 Å². The van der Waals surface area contributed by atoms with Crippen molar-refractivity contribution in [3.05, 3.63) is 71.3 Å². The van der Waals surface area contributed by atoms with E-state index < -0.39 is 0 Å². The van der Waals surface area contributed by atoms with Gasteiger partial charge in [0.2, 0.25) is 0 Å². The number of rotatable bonds is 4. The molecule has 0 aliphatic heterocycles. The molecule has 0 atom stereocenters. The molecule has 0 saturated heterocycles. The first-order valence-corrected chi connectivity index (χ1v) is 9.21. The van der Waals surface area contributed by atoms with Gasteiger partial charge in [0.05, 0.1) is 33.7 Å². The van der Waals surface area contributed by atoms with Crippen LogP contribution in [-0.4, -0.2) is 36.2 Å². The molecule has 0 bridgehead atoms. The van der Waals surface area contributed by atoms with Crippen molar-refractivity contribution in [3.63, 3.8) is 0 Å². The van der Waals surface area contributed by atoms with E-state index in [1.54, 1.807) is 21.6 Å². The summed E-state index contributed by atoms with van der Waals surface area (Å²) in [7, 11) is 1.83. The Hall–Kier alpha value is -3.81. The third-order valence-electron chi connectivity index (χ3n) is 4.70. The fourth-order valence-electron chi connectivity index (χ4n) is 3.32. The summed E-state index contributed by atoms with van der Waals surface area (Å²) in [5.74, 6) is -0.308. The molecule has 3 aromatic heterocycles. The Morgan fingerprint density at radius 2 is 1.90 bits per heavy atom. The van der Waals surface area contributed by atoms with Gasteiger partial charge >= 0.3 is 0 Å². The van der Waals surface area contributed by atoms with Gasteiger partial charge in [-0.25, -0.2) is 15.1 Å². The van der Waals surface area contributed by atoms with Gasteiger partial charge < -0.3 is 0 Å². The number of carbonyl (C=O) groups excluding carboxylic acids is 1. The second-order valence-electron chi connectivity index (χ2n) is 6.82. The minimum atomic E-state index is -0.308. The Bertz CT molecular complexity index is 1230. The van der Waals surface area contributed by atoms with Crippen LogP contribution in [0.25, 0.3) is 16.7 Å². The van der Waals surface area contributed by atoms with E-state index in [0.29, 0.717) is 22.3 Å². The summed E-state index contributed by atoms with van der Waals surface area (Å²) in [5.41, 5.74) is 7.63. The second kappa shape index (κ2) is 7.31. The summed E-state index contributed by atoms with van der Waals surface area (Å²) in [4.78, 5) is 17.6. The molecule has 0 spiro atoms. The lowest BCUT2D eigenvalue weighted by molar-refractivity contribution is 0.0956. The average molecular weight is 387 g/mol. The van der Waals surface area contributed by atoms with Crippen molar-refractivity contribution < 1.29 is 4.79 Å². The van der Waals surface area contributed by atoms with Gasteiger partial charge in [0.25, 0.3) is 5.91 Å². The van der Waals surface area contributed by atoms with Crippen molar-refractivity contribution >= 4 is 22.7 Å². The molecule has 8 heteroatoms. The topological polar surface area (TPSA) is 90.0 Å². The highest BCUT2D eigenvalue weighted by molar-refractivity contribution is 6.07. The molecule has 8 nitrogen and oxygen atoms in total.